The smallest absolute Gasteiger partial charge is 0.249 e. The van der Waals surface area contributed by atoms with E-state index in [0.717, 1.165) is 29.0 Å². The molecule has 2 aromatic heterocycles. The van der Waals surface area contributed by atoms with Crippen molar-refractivity contribution in [1.82, 2.24) is 9.97 Å². The van der Waals surface area contributed by atoms with Crippen LogP contribution in [-0.2, 0) is 4.74 Å². The van der Waals surface area contributed by atoms with Gasteiger partial charge in [-0.05, 0) is 18.2 Å². The number of nitrogens with zero attached hydrogens (tertiary/aromatic N) is 3. The Morgan fingerprint density at radius 2 is 2.00 bits per heavy atom. The molecule has 0 bridgehead atoms. The largest absolute Gasteiger partial charge is 0.494 e. The van der Waals surface area contributed by atoms with Gasteiger partial charge in [-0.2, -0.15) is 0 Å². The molecule has 1 saturated heterocycles. The molecular weight excluding hydrogens is 380 g/mol. The maximum atomic E-state index is 12.0. The zero-order chi connectivity index (χ0) is 19.7. The van der Waals surface area contributed by atoms with Gasteiger partial charge in [-0.1, -0.05) is 0 Å². The number of carbonyl (C=O) groups is 1. The van der Waals surface area contributed by atoms with Crippen molar-refractivity contribution < 1.29 is 19.0 Å². The lowest BCUT2D eigenvalue weighted by molar-refractivity contribution is 0.100. The summed E-state index contributed by atoms with van der Waals surface area (Å²) in [5.41, 5.74) is 8.18. The number of hydrogen-bond donors (Lipinski definition) is 1. The van der Waals surface area contributed by atoms with Crippen LogP contribution in [-0.4, -0.2) is 56.4 Å². The lowest BCUT2D eigenvalue weighted by Gasteiger charge is -2.29. The molecular formula is C19H20N4O4S. The summed E-state index contributed by atoms with van der Waals surface area (Å²) < 4.78 is 17.3. The first-order valence-corrected chi connectivity index (χ1v) is 9.59. The van der Waals surface area contributed by atoms with Gasteiger partial charge in [0.2, 0.25) is 11.8 Å². The van der Waals surface area contributed by atoms with Crippen LogP contribution in [0.1, 0.15) is 10.4 Å². The Hall–Kier alpha value is -2.91. The summed E-state index contributed by atoms with van der Waals surface area (Å²) in [7, 11) is 3.12. The normalized spacial score (nSPS) is 14.3. The number of thiazole rings is 1. The Bertz CT molecular complexity index is 1030. The van der Waals surface area contributed by atoms with Crippen molar-refractivity contribution in [3.05, 3.63) is 30.0 Å². The number of ether oxygens (including phenoxy) is 3. The number of methoxy groups -OCH3 is 2. The summed E-state index contributed by atoms with van der Waals surface area (Å²) in [6.07, 6.45) is 1.50. The highest BCUT2D eigenvalue weighted by molar-refractivity contribution is 7.22. The van der Waals surface area contributed by atoms with Gasteiger partial charge in [-0.3, -0.25) is 4.79 Å². The summed E-state index contributed by atoms with van der Waals surface area (Å²) in [4.78, 5) is 23.2. The first kappa shape index (κ1) is 18.5. The Labute approximate surface area is 165 Å². The lowest BCUT2D eigenvalue weighted by atomic mass is 10.1. The molecule has 0 aliphatic carbocycles. The minimum Gasteiger partial charge on any atom is -0.494 e. The fraction of sp³-hybridized carbons (Fsp3) is 0.316. The third-order valence-corrected chi connectivity index (χ3v) is 5.74. The molecule has 1 amide bonds. The second-order valence-corrected chi connectivity index (χ2v) is 7.19. The molecule has 0 atom stereocenters. The lowest BCUT2D eigenvalue weighted by Crippen LogP contribution is -2.36. The number of primary amides is 1. The average Bonchev–Trinajstić information content (AvgIpc) is 3.18. The molecule has 1 aliphatic heterocycles. The van der Waals surface area contributed by atoms with Crippen molar-refractivity contribution in [2.24, 2.45) is 5.73 Å². The highest BCUT2D eigenvalue weighted by Gasteiger charge is 2.24. The number of morpholine rings is 1. The molecule has 8 nitrogen and oxygen atoms in total. The van der Waals surface area contributed by atoms with Crippen LogP contribution in [0, 0.1) is 0 Å². The number of nitrogens with two attached hydrogens (primary N) is 1. The van der Waals surface area contributed by atoms with Gasteiger partial charge >= 0.3 is 0 Å². The second-order valence-electron chi connectivity index (χ2n) is 6.19. The fourth-order valence-corrected chi connectivity index (χ4v) is 4.48. The molecule has 1 aromatic carbocycles. The van der Waals surface area contributed by atoms with Crippen LogP contribution in [0.2, 0.25) is 0 Å². The quantitative estimate of drug-likeness (QED) is 0.701. The van der Waals surface area contributed by atoms with Crippen molar-refractivity contribution in [3.63, 3.8) is 0 Å². The minimum atomic E-state index is -0.560. The highest BCUT2D eigenvalue weighted by Crippen LogP contribution is 2.43. The van der Waals surface area contributed by atoms with E-state index in [0.29, 0.717) is 41.0 Å². The van der Waals surface area contributed by atoms with Gasteiger partial charge in [0.25, 0.3) is 0 Å². The average molecular weight is 400 g/mol. The first-order valence-electron chi connectivity index (χ1n) is 8.77. The van der Waals surface area contributed by atoms with Gasteiger partial charge in [0, 0.05) is 19.3 Å². The summed E-state index contributed by atoms with van der Waals surface area (Å²) in [5.74, 6) is 0.413. The number of amides is 1. The van der Waals surface area contributed by atoms with Crippen molar-refractivity contribution in [2.45, 2.75) is 0 Å². The monoisotopic (exact) mass is 400 g/mol. The van der Waals surface area contributed by atoms with Gasteiger partial charge in [-0.25, -0.2) is 9.97 Å². The Morgan fingerprint density at radius 1 is 1.21 bits per heavy atom. The molecule has 3 aromatic rings. The van der Waals surface area contributed by atoms with Crippen LogP contribution >= 0.6 is 11.3 Å². The zero-order valence-corrected chi connectivity index (χ0v) is 16.4. The van der Waals surface area contributed by atoms with Crippen LogP contribution in [0.15, 0.2) is 24.4 Å². The maximum absolute atomic E-state index is 12.0. The number of aromatic nitrogens is 2. The molecule has 0 saturated carbocycles. The van der Waals surface area contributed by atoms with Crippen molar-refractivity contribution in [2.75, 3.05) is 45.4 Å². The molecule has 146 valence electrons. The van der Waals surface area contributed by atoms with Gasteiger partial charge in [-0.15, -0.1) is 11.3 Å². The van der Waals surface area contributed by atoms with Crippen LogP contribution in [0.4, 0.5) is 5.69 Å². The molecule has 0 radical (unpaired) electrons. The zero-order valence-electron chi connectivity index (χ0n) is 15.6. The molecule has 2 N–H and O–H groups in total. The van der Waals surface area contributed by atoms with Crippen LogP contribution in [0.25, 0.3) is 20.8 Å². The molecule has 0 unspecified atom stereocenters. The molecule has 1 aliphatic rings. The Kier molecular flexibility index (Phi) is 5.01. The number of pyridine rings is 1. The maximum Gasteiger partial charge on any atom is 0.249 e. The summed E-state index contributed by atoms with van der Waals surface area (Å²) in [6.45, 7) is 2.97. The van der Waals surface area contributed by atoms with Crippen LogP contribution < -0.4 is 20.1 Å². The third kappa shape index (κ3) is 3.12. The van der Waals surface area contributed by atoms with Gasteiger partial charge in [0.1, 0.15) is 16.3 Å². The summed E-state index contributed by atoms with van der Waals surface area (Å²) >= 11 is 1.46. The minimum absolute atomic E-state index is 0.308. The van der Waals surface area contributed by atoms with Crippen molar-refractivity contribution in [1.29, 1.82) is 0 Å². The number of carbonyl (C=O) groups excluding carboxylic acids is 1. The standard InChI is InChI=1S/C19H20N4O4S/c1-25-13-4-3-12(23-7-9-27-10-8-23)16-15(13)22-19(28-16)14-11(17(20)24)5-6-21-18(14)26-2/h3-6H,7-10H2,1-2H3,(H2,20,24). The fourth-order valence-electron chi connectivity index (χ4n) is 3.30. The van der Waals surface area contributed by atoms with E-state index in [2.05, 4.69) is 9.88 Å². The Morgan fingerprint density at radius 3 is 2.68 bits per heavy atom. The molecule has 9 heteroatoms. The van der Waals surface area contributed by atoms with E-state index < -0.39 is 5.91 Å². The number of benzene rings is 1. The first-order chi connectivity index (χ1) is 13.6. The van der Waals surface area contributed by atoms with E-state index in [1.54, 1.807) is 13.2 Å². The topological polar surface area (TPSA) is 99.8 Å². The van der Waals surface area contributed by atoms with E-state index >= 15 is 0 Å². The van der Waals surface area contributed by atoms with Gasteiger partial charge in [0.05, 0.1) is 48.9 Å². The van der Waals surface area contributed by atoms with E-state index in [1.807, 2.05) is 12.1 Å². The van der Waals surface area contributed by atoms with Crippen LogP contribution in [0.3, 0.4) is 0 Å². The predicted octanol–water partition coefficient (Wildman–Crippen LogP) is 2.31. The van der Waals surface area contributed by atoms with E-state index in [4.69, 9.17) is 24.9 Å². The van der Waals surface area contributed by atoms with E-state index in [1.165, 1.54) is 24.6 Å². The van der Waals surface area contributed by atoms with E-state index in [-0.39, 0.29) is 0 Å². The van der Waals surface area contributed by atoms with Gasteiger partial charge in [0.15, 0.2) is 0 Å². The third-order valence-electron chi connectivity index (χ3n) is 4.65. The number of fused-ring (bicyclic) bond motifs is 1. The number of rotatable bonds is 5. The molecule has 0 spiro atoms. The molecule has 3 heterocycles. The van der Waals surface area contributed by atoms with Crippen molar-refractivity contribution >= 4 is 33.1 Å². The number of anilines is 1. The molecule has 1 fully saturated rings. The Balaban J connectivity index is 1.94. The van der Waals surface area contributed by atoms with Crippen LogP contribution in [0.5, 0.6) is 11.6 Å². The summed E-state index contributed by atoms with van der Waals surface area (Å²) in [5, 5.41) is 0.604. The van der Waals surface area contributed by atoms with Crippen molar-refractivity contribution in [3.8, 4) is 22.2 Å². The van der Waals surface area contributed by atoms with Gasteiger partial charge < -0.3 is 24.8 Å². The highest BCUT2D eigenvalue weighted by atomic mass is 32.1. The van der Waals surface area contributed by atoms with E-state index in [9.17, 15) is 4.79 Å². The number of hydrogen-bond acceptors (Lipinski definition) is 8. The SMILES string of the molecule is COc1nccc(C(N)=O)c1-c1nc2c(OC)ccc(N3CCOCC3)c2s1. The molecule has 28 heavy (non-hydrogen) atoms. The predicted molar refractivity (Wildman–Crippen MR) is 108 cm³/mol. The second kappa shape index (κ2) is 7.61. The molecule has 4 rings (SSSR count). The summed E-state index contributed by atoms with van der Waals surface area (Å²) in [6, 6.07) is 5.52.